The summed E-state index contributed by atoms with van der Waals surface area (Å²) in [4.78, 5) is 14.9. The van der Waals surface area contributed by atoms with Gasteiger partial charge >= 0.3 is 0 Å². The average molecular weight is 343 g/mol. The number of nitrogens with two attached hydrogens (primary N) is 1. The first-order valence-electron chi connectivity index (χ1n) is 8.02. The summed E-state index contributed by atoms with van der Waals surface area (Å²) in [6.07, 6.45) is 3.75. The van der Waals surface area contributed by atoms with Crippen molar-refractivity contribution in [3.05, 3.63) is 35.6 Å². The predicted octanol–water partition coefficient (Wildman–Crippen LogP) is 3.50. The Morgan fingerprint density at radius 1 is 1.26 bits per heavy atom. The number of halogens is 2. The molecule has 0 spiro atoms. The molecule has 5 heteroatoms. The average Bonchev–Trinajstić information content (AvgIpc) is 2.97. The lowest BCUT2D eigenvalue weighted by Crippen LogP contribution is -2.48. The van der Waals surface area contributed by atoms with Crippen LogP contribution in [0.1, 0.15) is 45.1 Å². The monoisotopic (exact) mass is 342 g/mol. The summed E-state index contributed by atoms with van der Waals surface area (Å²) < 4.78 is 13.2. The smallest absolute Gasteiger partial charge is 0.232 e. The molecule has 130 valence electrons. The fourth-order valence-electron chi connectivity index (χ4n) is 3.52. The fourth-order valence-corrected chi connectivity index (χ4v) is 3.52. The van der Waals surface area contributed by atoms with Crippen molar-refractivity contribution in [2.24, 2.45) is 11.1 Å². The lowest BCUT2D eigenvalue weighted by molar-refractivity contribution is -0.137. The molecule has 1 aromatic carbocycles. The number of likely N-dealkylation sites (N-methyl/N-ethyl adjacent to an activating group) is 1. The molecule has 0 aliphatic heterocycles. The second-order valence-electron chi connectivity index (χ2n) is 7.33. The second kappa shape index (κ2) is 7.63. The Bertz CT molecular complexity index is 524. The number of nitrogens with zero attached hydrogens (tertiary/aromatic N) is 1. The maximum Gasteiger partial charge on any atom is 0.232 e. The second-order valence-corrected chi connectivity index (χ2v) is 7.33. The molecule has 0 bridgehead atoms. The number of benzene rings is 1. The van der Waals surface area contributed by atoms with Gasteiger partial charge in [-0.05, 0) is 42.5 Å². The number of amides is 1. The van der Waals surface area contributed by atoms with Gasteiger partial charge in [-0.25, -0.2) is 4.39 Å². The first kappa shape index (κ1) is 19.9. The van der Waals surface area contributed by atoms with E-state index < -0.39 is 5.41 Å². The van der Waals surface area contributed by atoms with Gasteiger partial charge in [0.1, 0.15) is 5.82 Å². The van der Waals surface area contributed by atoms with Crippen LogP contribution in [0.5, 0.6) is 0 Å². The predicted molar refractivity (Wildman–Crippen MR) is 94.3 cm³/mol. The van der Waals surface area contributed by atoms with Gasteiger partial charge in [0.2, 0.25) is 5.91 Å². The Labute approximate surface area is 144 Å². The van der Waals surface area contributed by atoms with Gasteiger partial charge in [-0.3, -0.25) is 4.79 Å². The Hall–Kier alpha value is -1.13. The van der Waals surface area contributed by atoms with Gasteiger partial charge in [-0.1, -0.05) is 38.8 Å². The number of hydrogen-bond acceptors (Lipinski definition) is 2. The maximum atomic E-state index is 13.2. The Kier molecular flexibility index (Phi) is 6.60. The molecule has 2 rings (SSSR count). The summed E-state index contributed by atoms with van der Waals surface area (Å²) >= 11 is 0. The summed E-state index contributed by atoms with van der Waals surface area (Å²) in [6, 6.07) is 6.43. The Morgan fingerprint density at radius 3 is 2.26 bits per heavy atom. The van der Waals surface area contributed by atoms with Crippen LogP contribution >= 0.6 is 12.4 Å². The van der Waals surface area contributed by atoms with Crippen LogP contribution in [0.25, 0.3) is 0 Å². The standard InChI is InChI=1S/C18H27FN2O.ClH/c1-17(2,12-20)13-21(3)16(22)18(10-4-5-11-18)14-6-8-15(19)9-7-14;/h6-9H,4-5,10-13,20H2,1-3H3;1H. The third kappa shape index (κ3) is 4.24. The van der Waals surface area contributed by atoms with Gasteiger partial charge in [-0.2, -0.15) is 0 Å². The van der Waals surface area contributed by atoms with E-state index in [0.29, 0.717) is 13.1 Å². The molecule has 23 heavy (non-hydrogen) atoms. The normalized spacial score (nSPS) is 16.7. The first-order valence-corrected chi connectivity index (χ1v) is 8.02. The summed E-state index contributed by atoms with van der Waals surface area (Å²) in [5.74, 6) is -0.125. The van der Waals surface area contributed by atoms with Gasteiger partial charge in [0.25, 0.3) is 0 Å². The molecule has 0 unspecified atom stereocenters. The lowest BCUT2D eigenvalue weighted by Gasteiger charge is -2.36. The Balaban J connectivity index is 0.00000264. The molecule has 2 N–H and O–H groups in total. The number of rotatable bonds is 5. The van der Waals surface area contributed by atoms with E-state index in [-0.39, 0.29) is 29.5 Å². The molecule has 1 fully saturated rings. The van der Waals surface area contributed by atoms with Crippen molar-refractivity contribution in [2.45, 2.75) is 44.9 Å². The van der Waals surface area contributed by atoms with Crippen LogP contribution in [0, 0.1) is 11.2 Å². The molecule has 0 atom stereocenters. The highest BCUT2D eigenvalue weighted by atomic mass is 35.5. The summed E-state index contributed by atoms with van der Waals surface area (Å²) in [6.45, 7) is 5.30. The number of carbonyl (C=O) groups excluding carboxylic acids is 1. The highest BCUT2D eigenvalue weighted by molar-refractivity contribution is 5.88. The highest BCUT2D eigenvalue weighted by Gasteiger charge is 2.44. The maximum absolute atomic E-state index is 13.2. The zero-order valence-electron chi connectivity index (χ0n) is 14.3. The molecule has 0 heterocycles. The molecule has 0 radical (unpaired) electrons. The van der Waals surface area contributed by atoms with E-state index in [9.17, 15) is 9.18 Å². The largest absolute Gasteiger partial charge is 0.344 e. The van der Waals surface area contributed by atoms with Crippen LogP contribution in [0.3, 0.4) is 0 Å². The minimum absolute atomic E-state index is 0. The van der Waals surface area contributed by atoms with Crippen LogP contribution in [-0.2, 0) is 10.2 Å². The minimum atomic E-state index is -0.493. The van der Waals surface area contributed by atoms with Crippen molar-refractivity contribution in [1.29, 1.82) is 0 Å². The van der Waals surface area contributed by atoms with Crippen molar-refractivity contribution in [3.63, 3.8) is 0 Å². The van der Waals surface area contributed by atoms with Crippen LogP contribution in [0.4, 0.5) is 4.39 Å². The van der Waals surface area contributed by atoms with Gasteiger partial charge in [0.15, 0.2) is 0 Å². The SMILES string of the molecule is CN(CC(C)(C)CN)C(=O)C1(c2ccc(F)cc2)CCCC1.Cl. The van der Waals surface area contributed by atoms with E-state index in [4.69, 9.17) is 5.73 Å². The van der Waals surface area contributed by atoms with Gasteiger partial charge in [0.05, 0.1) is 5.41 Å². The summed E-state index contributed by atoms with van der Waals surface area (Å²) in [5.41, 5.74) is 6.13. The number of carbonyl (C=O) groups is 1. The van der Waals surface area contributed by atoms with Crippen molar-refractivity contribution in [3.8, 4) is 0 Å². The topological polar surface area (TPSA) is 46.3 Å². The van der Waals surface area contributed by atoms with Crippen molar-refractivity contribution in [2.75, 3.05) is 20.1 Å². The molecule has 0 saturated heterocycles. The molecule has 3 nitrogen and oxygen atoms in total. The van der Waals surface area contributed by atoms with Crippen molar-refractivity contribution in [1.82, 2.24) is 4.90 Å². The van der Waals surface area contributed by atoms with E-state index in [0.717, 1.165) is 31.2 Å². The summed E-state index contributed by atoms with van der Waals surface area (Å²) in [5, 5.41) is 0. The van der Waals surface area contributed by atoms with E-state index in [1.54, 1.807) is 12.1 Å². The van der Waals surface area contributed by atoms with Crippen LogP contribution in [0.15, 0.2) is 24.3 Å². The Morgan fingerprint density at radius 2 is 1.78 bits per heavy atom. The molecule has 1 amide bonds. The third-order valence-electron chi connectivity index (χ3n) is 4.83. The third-order valence-corrected chi connectivity index (χ3v) is 4.83. The van der Waals surface area contributed by atoms with Crippen molar-refractivity contribution < 1.29 is 9.18 Å². The van der Waals surface area contributed by atoms with Gasteiger partial charge in [-0.15, -0.1) is 12.4 Å². The van der Waals surface area contributed by atoms with Gasteiger partial charge < -0.3 is 10.6 Å². The lowest BCUT2D eigenvalue weighted by atomic mass is 9.77. The zero-order chi connectivity index (χ0) is 16.4. The van der Waals surface area contributed by atoms with E-state index >= 15 is 0 Å². The molecular weight excluding hydrogens is 315 g/mol. The van der Waals surface area contributed by atoms with Crippen LogP contribution in [-0.4, -0.2) is 30.9 Å². The molecule has 1 aliphatic rings. The van der Waals surface area contributed by atoms with Crippen LogP contribution in [0.2, 0.25) is 0 Å². The quantitative estimate of drug-likeness (QED) is 0.890. The van der Waals surface area contributed by atoms with Gasteiger partial charge in [0, 0.05) is 13.6 Å². The molecule has 1 aromatic rings. The molecule has 1 aliphatic carbocycles. The van der Waals surface area contributed by atoms with E-state index in [1.807, 2.05) is 11.9 Å². The fraction of sp³-hybridized carbons (Fsp3) is 0.611. The highest BCUT2D eigenvalue weighted by Crippen LogP contribution is 2.42. The molecule has 1 saturated carbocycles. The van der Waals surface area contributed by atoms with E-state index in [1.165, 1.54) is 12.1 Å². The van der Waals surface area contributed by atoms with E-state index in [2.05, 4.69) is 13.8 Å². The first-order chi connectivity index (χ1) is 10.3. The van der Waals surface area contributed by atoms with Crippen molar-refractivity contribution >= 4 is 18.3 Å². The molecular formula is C18H28ClFN2O. The number of hydrogen-bond donors (Lipinski definition) is 1. The van der Waals surface area contributed by atoms with Crippen LogP contribution < -0.4 is 5.73 Å². The minimum Gasteiger partial charge on any atom is -0.344 e. The summed E-state index contributed by atoms with van der Waals surface area (Å²) in [7, 11) is 1.85. The molecule has 0 aromatic heterocycles. The zero-order valence-corrected chi connectivity index (χ0v) is 15.1.